The van der Waals surface area contributed by atoms with Gasteiger partial charge in [-0.25, -0.2) is 0 Å². The summed E-state index contributed by atoms with van der Waals surface area (Å²) in [5, 5.41) is 12.6. The number of anilines is 1. The van der Waals surface area contributed by atoms with Crippen LogP contribution in [0.1, 0.15) is 21.5 Å². The van der Waals surface area contributed by atoms with Crippen LogP contribution < -0.4 is 5.32 Å². The summed E-state index contributed by atoms with van der Waals surface area (Å²) in [6.07, 6.45) is 1.75. The fourth-order valence-corrected chi connectivity index (χ4v) is 3.61. The van der Waals surface area contributed by atoms with Crippen molar-refractivity contribution in [2.45, 2.75) is 6.92 Å². The van der Waals surface area contributed by atoms with Crippen molar-refractivity contribution in [1.29, 1.82) is 0 Å². The Kier molecular flexibility index (Phi) is 5.11. The third-order valence-electron chi connectivity index (χ3n) is 3.95. The van der Waals surface area contributed by atoms with E-state index in [-0.39, 0.29) is 17.6 Å². The van der Waals surface area contributed by atoms with Gasteiger partial charge in [0.25, 0.3) is 11.8 Å². The molecular formula is C19H16N2O3S2. The largest absolute Gasteiger partial charge is 0.506 e. The number of likely N-dealkylation sites (N-methyl/N-ethyl adjacent to an activating group) is 1. The molecular weight excluding hydrogens is 368 g/mol. The van der Waals surface area contributed by atoms with Gasteiger partial charge in [0, 0.05) is 12.6 Å². The highest BCUT2D eigenvalue weighted by molar-refractivity contribution is 8.26. The SMILES string of the molecule is Cc1cccc(O)c1NC(=O)c1ccc(/C=C2/SC(=S)N(C)C2=O)cc1. The maximum absolute atomic E-state index is 12.4. The molecule has 1 fully saturated rings. The molecule has 2 aromatic carbocycles. The fourth-order valence-electron chi connectivity index (χ4n) is 2.43. The number of thioether (sulfide) groups is 1. The van der Waals surface area contributed by atoms with Crippen molar-refractivity contribution in [3.05, 3.63) is 64.1 Å². The van der Waals surface area contributed by atoms with Crippen LogP contribution in [-0.2, 0) is 4.79 Å². The highest BCUT2D eigenvalue weighted by Crippen LogP contribution is 2.31. The molecule has 132 valence electrons. The number of benzene rings is 2. The highest BCUT2D eigenvalue weighted by atomic mass is 32.2. The number of carbonyl (C=O) groups excluding carboxylic acids is 2. The maximum atomic E-state index is 12.4. The second-order valence-corrected chi connectivity index (χ2v) is 7.46. The third kappa shape index (κ3) is 3.63. The molecule has 0 radical (unpaired) electrons. The number of para-hydroxylation sites is 1. The minimum absolute atomic E-state index is 0.0246. The van der Waals surface area contributed by atoms with Crippen molar-refractivity contribution in [3.8, 4) is 5.75 Å². The number of phenolic OH excluding ortho intramolecular Hbond substituents is 1. The summed E-state index contributed by atoms with van der Waals surface area (Å²) in [5.41, 5.74) is 2.42. The number of rotatable bonds is 3. The van der Waals surface area contributed by atoms with E-state index < -0.39 is 0 Å². The molecule has 26 heavy (non-hydrogen) atoms. The summed E-state index contributed by atoms with van der Waals surface area (Å²) in [4.78, 5) is 26.4. The Balaban J connectivity index is 1.77. The lowest BCUT2D eigenvalue weighted by Crippen LogP contribution is -2.22. The summed E-state index contributed by atoms with van der Waals surface area (Å²) in [5.74, 6) is -0.422. The monoisotopic (exact) mass is 384 g/mol. The first-order chi connectivity index (χ1) is 12.4. The van der Waals surface area contributed by atoms with Crippen LogP contribution in [0.15, 0.2) is 47.4 Å². The lowest BCUT2D eigenvalue weighted by molar-refractivity contribution is -0.121. The van der Waals surface area contributed by atoms with Crippen molar-refractivity contribution >= 4 is 51.9 Å². The van der Waals surface area contributed by atoms with Gasteiger partial charge in [-0.15, -0.1) is 0 Å². The molecule has 0 atom stereocenters. The number of nitrogens with one attached hydrogen (secondary N) is 1. The van der Waals surface area contributed by atoms with Crippen molar-refractivity contribution in [1.82, 2.24) is 4.90 Å². The zero-order valence-electron chi connectivity index (χ0n) is 14.1. The molecule has 0 aliphatic carbocycles. The molecule has 5 nitrogen and oxygen atoms in total. The second-order valence-electron chi connectivity index (χ2n) is 5.79. The van der Waals surface area contributed by atoms with Crippen LogP contribution in [0.2, 0.25) is 0 Å². The topological polar surface area (TPSA) is 69.6 Å². The van der Waals surface area contributed by atoms with E-state index in [0.717, 1.165) is 11.1 Å². The van der Waals surface area contributed by atoms with E-state index in [1.165, 1.54) is 22.7 Å². The first-order valence-corrected chi connectivity index (χ1v) is 9.01. The van der Waals surface area contributed by atoms with E-state index in [2.05, 4.69) is 5.32 Å². The van der Waals surface area contributed by atoms with E-state index in [1.54, 1.807) is 43.5 Å². The van der Waals surface area contributed by atoms with E-state index in [4.69, 9.17) is 12.2 Å². The van der Waals surface area contributed by atoms with Gasteiger partial charge in [-0.1, -0.05) is 48.2 Å². The zero-order valence-corrected chi connectivity index (χ0v) is 15.8. The van der Waals surface area contributed by atoms with E-state index in [9.17, 15) is 14.7 Å². The van der Waals surface area contributed by atoms with Crippen molar-refractivity contribution in [3.63, 3.8) is 0 Å². The lowest BCUT2D eigenvalue weighted by Gasteiger charge is -2.10. The lowest BCUT2D eigenvalue weighted by atomic mass is 10.1. The predicted molar refractivity (Wildman–Crippen MR) is 108 cm³/mol. The maximum Gasteiger partial charge on any atom is 0.265 e. The molecule has 1 heterocycles. The van der Waals surface area contributed by atoms with Crippen LogP contribution >= 0.6 is 24.0 Å². The van der Waals surface area contributed by atoms with Gasteiger partial charge in [-0.3, -0.25) is 14.5 Å². The molecule has 0 bridgehead atoms. The number of hydrogen-bond donors (Lipinski definition) is 2. The van der Waals surface area contributed by atoms with E-state index in [1.807, 2.05) is 13.0 Å². The minimum atomic E-state index is -0.318. The molecule has 1 saturated heterocycles. The van der Waals surface area contributed by atoms with Gasteiger partial charge in [0.15, 0.2) is 0 Å². The van der Waals surface area contributed by atoms with Crippen LogP contribution in [0, 0.1) is 6.92 Å². The number of amides is 2. The Morgan fingerprint density at radius 3 is 2.50 bits per heavy atom. The quantitative estimate of drug-likeness (QED) is 0.479. The van der Waals surface area contributed by atoms with Crippen LogP contribution in [0.3, 0.4) is 0 Å². The molecule has 7 heteroatoms. The Bertz CT molecular complexity index is 916. The van der Waals surface area contributed by atoms with E-state index >= 15 is 0 Å². The number of aryl methyl sites for hydroxylation is 1. The van der Waals surface area contributed by atoms with Gasteiger partial charge < -0.3 is 10.4 Å². The molecule has 2 N–H and O–H groups in total. The molecule has 0 unspecified atom stereocenters. The minimum Gasteiger partial charge on any atom is -0.506 e. The van der Waals surface area contributed by atoms with Gasteiger partial charge in [0.05, 0.1) is 10.6 Å². The Labute approximate surface area is 160 Å². The molecule has 3 rings (SSSR count). The smallest absolute Gasteiger partial charge is 0.265 e. The Hall–Kier alpha value is -2.64. The third-order valence-corrected chi connectivity index (χ3v) is 5.43. The van der Waals surface area contributed by atoms with Gasteiger partial charge >= 0.3 is 0 Å². The van der Waals surface area contributed by atoms with Gasteiger partial charge in [-0.05, 0) is 42.3 Å². The van der Waals surface area contributed by atoms with Crippen LogP contribution in [-0.4, -0.2) is 33.2 Å². The first kappa shape index (κ1) is 18.2. The van der Waals surface area contributed by atoms with Crippen LogP contribution in [0.4, 0.5) is 5.69 Å². The average Bonchev–Trinajstić information content (AvgIpc) is 2.86. The number of carbonyl (C=O) groups is 2. The molecule has 2 aromatic rings. The van der Waals surface area contributed by atoms with Gasteiger partial charge in [-0.2, -0.15) is 0 Å². The molecule has 1 aliphatic rings. The summed E-state index contributed by atoms with van der Waals surface area (Å²) in [7, 11) is 1.65. The number of hydrogen-bond acceptors (Lipinski definition) is 5. The molecule has 2 amide bonds. The highest BCUT2D eigenvalue weighted by Gasteiger charge is 2.28. The fraction of sp³-hybridized carbons (Fsp3) is 0.105. The van der Waals surface area contributed by atoms with Crippen molar-refractivity contribution < 1.29 is 14.7 Å². The molecule has 0 spiro atoms. The van der Waals surface area contributed by atoms with Crippen LogP contribution in [0.25, 0.3) is 6.08 Å². The van der Waals surface area contributed by atoms with Crippen molar-refractivity contribution in [2.75, 3.05) is 12.4 Å². The average molecular weight is 384 g/mol. The molecule has 0 saturated carbocycles. The first-order valence-electron chi connectivity index (χ1n) is 7.78. The molecule has 0 aromatic heterocycles. The van der Waals surface area contributed by atoms with Crippen molar-refractivity contribution in [2.24, 2.45) is 0 Å². The number of aromatic hydroxyl groups is 1. The number of nitrogens with zero attached hydrogens (tertiary/aromatic N) is 1. The summed E-state index contributed by atoms with van der Waals surface area (Å²) in [6, 6.07) is 11.9. The predicted octanol–water partition coefficient (Wildman–Crippen LogP) is 3.78. The molecule has 1 aliphatic heterocycles. The van der Waals surface area contributed by atoms with Gasteiger partial charge in [0.2, 0.25) is 0 Å². The normalized spacial score (nSPS) is 15.6. The standard InChI is InChI=1S/C19H16N2O3S2/c1-11-4-3-5-14(22)16(11)20-17(23)13-8-6-12(7-9-13)10-15-18(24)21(2)19(25)26-15/h3-10,22H,1-2H3,(H,20,23)/b15-10+. The number of phenols is 1. The Morgan fingerprint density at radius 2 is 1.92 bits per heavy atom. The van der Waals surface area contributed by atoms with Crippen LogP contribution in [0.5, 0.6) is 5.75 Å². The Morgan fingerprint density at radius 1 is 1.23 bits per heavy atom. The van der Waals surface area contributed by atoms with Gasteiger partial charge in [0.1, 0.15) is 10.1 Å². The summed E-state index contributed by atoms with van der Waals surface area (Å²) < 4.78 is 0.523. The van der Waals surface area contributed by atoms with E-state index in [0.29, 0.717) is 20.5 Å². The summed E-state index contributed by atoms with van der Waals surface area (Å²) in [6.45, 7) is 1.81. The second kappa shape index (κ2) is 7.31. The zero-order chi connectivity index (χ0) is 18.8. The summed E-state index contributed by atoms with van der Waals surface area (Å²) >= 11 is 6.36. The number of thiocarbonyl (C=S) groups is 1.